The van der Waals surface area contributed by atoms with Gasteiger partial charge < -0.3 is 10.2 Å². The minimum absolute atomic E-state index is 0.0393. The summed E-state index contributed by atoms with van der Waals surface area (Å²) >= 11 is 0. The average Bonchev–Trinajstić information content (AvgIpc) is 3.04. The Morgan fingerprint density at radius 2 is 1.93 bits per heavy atom. The molecule has 1 saturated heterocycles. The summed E-state index contributed by atoms with van der Waals surface area (Å²) in [5, 5.41) is 13.8. The smallest absolute Gasteiger partial charge is 0.271 e. The normalized spacial score (nSPS) is 17.8. The number of non-ortho nitro benzene ring substituents is 1. The lowest BCUT2D eigenvalue weighted by Crippen LogP contribution is -2.43. The van der Waals surface area contributed by atoms with E-state index in [9.17, 15) is 23.3 Å². The molecule has 9 heteroatoms. The number of nitrogens with one attached hydrogen (secondary N) is 1. The van der Waals surface area contributed by atoms with Crippen LogP contribution < -0.4 is 5.32 Å². The lowest BCUT2D eigenvalue weighted by Gasteiger charge is -2.28. The summed E-state index contributed by atoms with van der Waals surface area (Å²) in [5.74, 6) is -0.214. The maximum Gasteiger partial charge on any atom is 0.271 e. The van der Waals surface area contributed by atoms with Crippen molar-refractivity contribution in [2.45, 2.75) is 19.0 Å². The van der Waals surface area contributed by atoms with Gasteiger partial charge in [0.25, 0.3) is 5.69 Å². The van der Waals surface area contributed by atoms with E-state index in [1.54, 1.807) is 11.0 Å². The molecule has 1 atom stereocenters. The van der Waals surface area contributed by atoms with Gasteiger partial charge in [0.1, 0.15) is 0 Å². The second kappa shape index (κ2) is 8.39. The van der Waals surface area contributed by atoms with E-state index in [1.165, 1.54) is 18.2 Å². The van der Waals surface area contributed by atoms with Crippen LogP contribution in [0.5, 0.6) is 0 Å². The van der Waals surface area contributed by atoms with Crippen LogP contribution in [0.25, 0.3) is 0 Å². The van der Waals surface area contributed by atoms with Gasteiger partial charge in [-0.15, -0.1) is 0 Å². The van der Waals surface area contributed by atoms with E-state index in [0.717, 1.165) is 5.56 Å². The van der Waals surface area contributed by atoms with Gasteiger partial charge in [-0.2, -0.15) is 0 Å². The number of hydrogen-bond donors (Lipinski definition) is 1. The molecule has 2 aromatic rings. The van der Waals surface area contributed by atoms with Crippen LogP contribution in [-0.4, -0.2) is 48.2 Å². The molecule has 0 bridgehead atoms. The fourth-order valence-electron chi connectivity index (χ4n) is 3.23. The van der Waals surface area contributed by atoms with Crippen molar-refractivity contribution in [1.82, 2.24) is 4.90 Å². The topological polar surface area (TPSA) is 110 Å². The summed E-state index contributed by atoms with van der Waals surface area (Å²) in [6.45, 7) is 0.237. The molecule has 1 N–H and O–H groups in total. The van der Waals surface area contributed by atoms with Crippen LogP contribution in [-0.2, 0) is 21.2 Å². The summed E-state index contributed by atoms with van der Waals surface area (Å²) in [4.78, 5) is 24.8. The first kappa shape index (κ1) is 19.8. The van der Waals surface area contributed by atoms with E-state index in [2.05, 4.69) is 5.32 Å². The van der Waals surface area contributed by atoms with Gasteiger partial charge in [0.05, 0.1) is 23.0 Å². The number of carbonyl (C=O) groups excluding carboxylic acids is 1. The van der Waals surface area contributed by atoms with Gasteiger partial charge >= 0.3 is 0 Å². The maximum absolute atomic E-state index is 12.9. The first-order valence-electron chi connectivity index (χ1n) is 8.86. The number of nitrogens with zero attached hydrogens (tertiary/aromatic N) is 2. The second-order valence-electron chi connectivity index (χ2n) is 6.73. The Kier molecular flexibility index (Phi) is 5.93. The van der Waals surface area contributed by atoms with E-state index in [1.807, 2.05) is 30.3 Å². The standard InChI is InChI=1S/C19H21N3O5S/c23-19(12-20-16-7-4-8-17(11-16)22(24)25)21(13-15-5-2-1-3-6-15)18-9-10-28(26,27)14-18/h1-8,11,18,20H,9-10,12-14H2/t18-/m0/s1. The van der Waals surface area contributed by atoms with Crippen molar-refractivity contribution < 1.29 is 18.1 Å². The summed E-state index contributed by atoms with van der Waals surface area (Å²) < 4.78 is 23.8. The molecule has 1 aliphatic heterocycles. The molecule has 1 aliphatic rings. The minimum Gasteiger partial charge on any atom is -0.376 e. The molecule has 28 heavy (non-hydrogen) atoms. The van der Waals surface area contributed by atoms with Gasteiger partial charge in [-0.25, -0.2) is 8.42 Å². The molecule has 0 radical (unpaired) electrons. The highest BCUT2D eigenvalue weighted by Gasteiger charge is 2.34. The van der Waals surface area contributed by atoms with E-state index < -0.39 is 14.8 Å². The molecule has 148 valence electrons. The number of carbonyl (C=O) groups is 1. The van der Waals surface area contributed by atoms with Gasteiger partial charge in [0.2, 0.25) is 5.91 Å². The second-order valence-corrected chi connectivity index (χ2v) is 8.95. The van der Waals surface area contributed by atoms with E-state index in [4.69, 9.17) is 0 Å². The quantitative estimate of drug-likeness (QED) is 0.561. The van der Waals surface area contributed by atoms with Crippen LogP contribution in [0.4, 0.5) is 11.4 Å². The van der Waals surface area contributed by atoms with Crippen molar-refractivity contribution in [2.24, 2.45) is 0 Å². The van der Waals surface area contributed by atoms with E-state index in [0.29, 0.717) is 18.7 Å². The third kappa shape index (κ3) is 5.07. The Morgan fingerprint density at radius 3 is 2.57 bits per heavy atom. The Labute approximate surface area is 163 Å². The average molecular weight is 403 g/mol. The molecule has 0 aromatic heterocycles. The van der Waals surface area contributed by atoms with Crippen LogP contribution >= 0.6 is 0 Å². The Bertz CT molecular complexity index is 963. The number of anilines is 1. The van der Waals surface area contributed by atoms with Crippen LogP contribution in [0, 0.1) is 10.1 Å². The first-order valence-corrected chi connectivity index (χ1v) is 10.7. The Morgan fingerprint density at radius 1 is 1.18 bits per heavy atom. The van der Waals surface area contributed by atoms with Gasteiger partial charge in [0.15, 0.2) is 9.84 Å². The van der Waals surface area contributed by atoms with Gasteiger partial charge in [-0.1, -0.05) is 36.4 Å². The lowest BCUT2D eigenvalue weighted by molar-refractivity contribution is -0.384. The van der Waals surface area contributed by atoms with Gasteiger partial charge in [-0.05, 0) is 18.1 Å². The Balaban J connectivity index is 1.73. The zero-order valence-corrected chi connectivity index (χ0v) is 16.0. The molecule has 3 rings (SSSR count). The van der Waals surface area contributed by atoms with Crippen molar-refractivity contribution in [3.8, 4) is 0 Å². The molecular formula is C19H21N3O5S. The summed E-state index contributed by atoms with van der Waals surface area (Å²) in [5.41, 5.74) is 1.30. The molecule has 0 spiro atoms. The van der Waals surface area contributed by atoms with Crippen LogP contribution in [0.2, 0.25) is 0 Å². The monoisotopic (exact) mass is 403 g/mol. The third-order valence-corrected chi connectivity index (χ3v) is 6.42. The number of rotatable bonds is 7. The van der Waals surface area contributed by atoms with Gasteiger partial charge in [-0.3, -0.25) is 14.9 Å². The largest absolute Gasteiger partial charge is 0.376 e. The number of benzene rings is 2. The Hall–Kier alpha value is -2.94. The fraction of sp³-hybridized carbons (Fsp3) is 0.316. The summed E-state index contributed by atoms with van der Waals surface area (Å²) in [6.07, 6.45) is 0.414. The van der Waals surface area contributed by atoms with Crippen LogP contribution in [0.15, 0.2) is 54.6 Å². The zero-order chi connectivity index (χ0) is 20.1. The molecule has 8 nitrogen and oxygen atoms in total. The number of sulfone groups is 1. The SMILES string of the molecule is O=C(CNc1cccc([N+](=O)[O-])c1)N(Cc1ccccc1)[C@H]1CCS(=O)(=O)C1. The van der Waals surface area contributed by atoms with Crippen molar-refractivity contribution in [3.63, 3.8) is 0 Å². The van der Waals surface area contributed by atoms with E-state index in [-0.39, 0.29) is 35.7 Å². The molecule has 1 heterocycles. The number of amides is 1. The number of nitro groups is 1. The van der Waals surface area contributed by atoms with Crippen LogP contribution in [0.1, 0.15) is 12.0 Å². The molecule has 1 fully saturated rings. The number of nitro benzene ring substituents is 1. The lowest BCUT2D eigenvalue weighted by atomic mass is 10.1. The summed E-state index contributed by atoms with van der Waals surface area (Å²) in [6, 6.07) is 14.9. The summed E-state index contributed by atoms with van der Waals surface area (Å²) in [7, 11) is -3.14. The minimum atomic E-state index is -3.14. The molecule has 1 amide bonds. The molecule has 0 saturated carbocycles. The number of hydrogen-bond acceptors (Lipinski definition) is 6. The highest BCUT2D eigenvalue weighted by molar-refractivity contribution is 7.91. The highest BCUT2D eigenvalue weighted by atomic mass is 32.2. The molecule has 0 aliphatic carbocycles. The highest BCUT2D eigenvalue weighted by Crippen LogP contribution is 2.21. The maximum atomic E-state index is 12.9. The van der Waals surface area contributed by atoms with Crippen molar-refractivity contribution in [1.29, 1.82) is 0 Å². The predicted octanol–water partition coefficient (Wildman–Crippen LogP) is 2.22. The van der Waals surface area contributed by atoms with Crippen LogP contribution in [0.3, 0.4) is 0 Å². The fourth-order valence-corrected chi connectivity index (χ4v) is 4.96. The first-order chi connectivity index (χ1) is 13.3. The molecule has 0 unspecified atom stereocenters. The predicted molar refractivity (Wildman–Crippen MR) is 106 cm³/mol. The van der Waals surface area contributed by atoms with E-state index >= 15 is 0 Å². The van der Waals surface area contributed by atoms with Crippen molar-refractivity contribution >= 4 is 27.1 Å². The van der Waals surface area contributed by atoms with Crippen molar-refractivity contribution in [2.75, 3.05) is 23.4 Å². The zero-order valence-electron chi connectivity index (χ0n) is 15.2. The van der Waals surface area contributed by atoms with Crippen molar-refractivity contribution in [3.05, 3.63) is 70.3 Å². The molecular weight excluding hydrogens is 382 g/mol. The van der Waals surface area contributed by atoms with Gasteiger partial charge in [0, 0.05) is 30.4 Å². The molecule has 2 aromatic carbocycles. The third-order valence-electron chi connectivity index (χ3n) is 4.67.